The molecule has 0 atom stereocenters. The molecule has 34 heavy (non-hydrogen) atoms. The van der Waals surface area contributed by atoms with E-state index in [1.165, 1.54) is 28.5 Å². The van der Waals surface area contributed by atoms with Crippen LogP contribution in [-0.2, 0) is 32.1 Å². The standard InChI is InChI=1S/C23H23F2N3O5S/c1-2-28(13-19(29)26-11-15-5-4-10-34-15)21(30)14-32-22(31)9-8-20-27-12-18(33-20)23-16(24)6-3-7-17(23)25/h3-7,10,12H,2,8-9,11,13-14H2,1H3,(H,26,29). The molecular weight excluding hydrogens is 468 g/mol. The Hall–Kier alpha value is -3.60. The number of hydrogen-bond donors (Lipinski definition) is 1. The van der Waals surface area contributed by atoms with Crippen LogP contribution in [0.3, 0.4) is 0 Å². The molecule has 0 radical (unpaired) electrons. The minimum atomic E-state index is -0.790. The van der Waals surface area contributed by atoms with E-state index >= 15 is 0 Å². The fourth-order valence-electron chi connectivity index (χ4n) is 2.99. The van der Waals surface area contributed by atoms with Gasteiger partial charge >= 0.3 is 5.97 Å². The first kappa shape index (κ1) is 25.0. The molecule has 1 N–H and O–H groups in total. The van der Waals surface area contributed by atoms with Crippen LogP contribution >= 0.6 is 11.3 Å². The molecule has 2 amide bonds. The van der Waals surface area contributed by atoms with Crippen molar-refractivity contribution in [3.8, 4) is 11.3 Å². The van der Waals surface area contributed by atoms with Crippen molar-refractivity contribution in [2.75, 3.05) is 19.7 Å². The molecule has 0 aliphatic heterocycles. The number of halogens is 2. The Balaban J connectivity index is 1.42. The summed E-state index contributed by atoms with van der Waals surface area (Å²) in [4.78, 5) is 42.6. The van der Waals surface area contributed by atoms with Gasteiger partial charge in [0.15, 0.2) is 18.3 Å². The van der Waals surface area contributed by atoms with Crippen LogP contribution in [0.15, 0.2) is 46.3 Å². The van der Waals surface area contributed by atoms with Crippen molar-refractivity contribution in [2.24, 2.45) is 0 Å². The van der Waals surface area contributed by atoms with Gasteiger partial charge in [0.05, 0.1) is 31.3 Å². The summed E-state index contributed by atoms with van der Waals surface area (Å²) in [6.45, 7) is 1.70. The van der Waals surface area contributed by atoms with E-state index in [-0.39, 0.29) is 49.1 Å². The molecule has 1 aromatic carbocycles. The highest BCUT2D eigenvalue weighted by molar-refractivity contribution is 7.09. The van der Waals surface area contributed by atoms with E-state index in [0.29, 0.717) is 6.54 Å². The second kappa shape index (κ2) is 12.0. The van der Waals surface area contributed by atoms with Gasteiger partial charge in [-0.1, -0.05) is 12.1 Å². The lowest BCUT2D eigenvalue weighted by atomic mass is 10.1. The van der Waals surface area contributed by atoms with E-state index in [9.17, 15) is 23.2 Å². The number of rotatable bonds is 11. The number of carbonyl (C=O) groups excluding carboxylic acids is 3. The molecule has 0 aliphatic rings. The Morgan fingerprint density at radius 3 is 2.62 bits per heavy atom. The van der Waals surface area contributed by atoms with Crippen LogP contribution in [0.2, 0.25) is 0 Å². The van der Waals surface area contributed by atoms with Crippen molar-refractivity contribution in [1.82, 2.24) is 15.2 Å². The first-order valence-electron chi connectivity index (χ1n) is 10.5. The molecule has 180 valence electrons. The lowest BCUT2D eigenvalue weighted by Crippen LogP contribution is -2.42. The highest BCUT2D eigenvalue weighted by Gasteiger charge is 2.19. The molecule has 0 bridgehead atoms. The highest BCUT2D eigenvalue weighted by Crippen LogP contribution is 2.26. The fraction of sp³-hybridized carbons (Fsp3) is 0.304. The SMILES string of the molecule is CCN(CC(=O)NCc1cccs1)C(=O)COC(=O)CCc1ncc(-c2c(F)cccc2F)o1. The Kier molecular flexibility index (Phi) is 8.86. The van der Waals surface area contributed by atoms with Crippen LogP contribution in [0.5, 0.6) is 0 Å². The van der Waals surface area contributed by atoms with Gasteiger partial charge in [-0.25, -0.2) is 13.8 Å². The van der Waals surface area contributed by atoms with Gasteiger partial charge < -0.3 is 19.4 Å². The van der Waals surface area contributed by atoms with Crippen LogP contribution < -0.4 is 5.32 Å². The summed E-state index contributed by atoms with van der Waals surface area (Å²) in [5, 5.41) is 4.64. The fourth-order valence-corrected chi connectivity index (χ4v) is 3.64. The second-order valence-corrected chi connectivity index (χ2v) is 8.17. The number of thiophene rings is 1. The summed E-state index contributed by atoms with van der Waals surface area (Å²) in [6, 6.07) is 7.21. The van der Waals surface area contributed by atoms with Gasteiger partial charge in [-0.3, -0.25) is 14.4 Å². The number of ether oxygens (including phenoxy) is 1. The van der Waals surface area contributed by atoms with E-state index in [1.54, 1.807) is 6.92 Å². The third kappa shape index (κ3) is 6.95. The van der Waals surface area contributed by atoms with Crippen LogP contribution in [0.25, 0.3) is 11.3 Å². The topological polar surface area (TPSA) is 102 Å². The zero-order chi connectivity index (χ0) is 24.5. The zero-order valence-electron chi connectivity index (χ0n) is 18.4. The van der Waals surface area contributed by atoms with Crippen LogP contribution in [-0.4, -0.2) is 47.4 Å². The number of nitrogens with zero attached hydrogens (tertiary/aromatic N) is 2. The van der Waals surface area contributed by atoms with E-state index < -0.39 is 30.1 Å². The van der Waals surface area contributed by atoms with Gasteiger partial charge in [0, 0.05) is 17.8 Å². The van der Waals surface area contributed by atoms with E-state index in [2.05, 4.69) is 10.3 Å². The van der Waals surface area contributed by atoms with Crippen LogP contribution in [0.4, 0.5) is 8.78 Å². The molecular formula is C23H23F2N3O5S. The lowest BCUT2D eigenvalue weighted by Gasteiger charge is -2.20. The molecule has 0 aliphatic carbocycles. The number of esters is 1. The largest absolute Gasteiger partial charge is 0.456 e. The van der Waals surface area contributed by atoms with Crippen molar-refractivity contribution >= 4 is 29.1 Å². The minimum absolute atomic E-state index is 0.0196. The maximum absolute atomic E-state index is 13.9. The summed E-state index contributed by atoms with van der Waals surface area (Å²) in [6.07, 6.45) is 1.04. The smallest absolute Gasteiger partial charge is 0.306 e. The number of nitrogens with one attached hydrogen (secondary N) is 1. The van der Waals surface area contributed by atoms with Gasteiger partial charge in [0.1, 0.15) is 11.6 Å². The normalized spacial score (nSPS) is 10.7. The molecule has 3 rings (SSSR count). The van der Waals surface area contributed by atoms with Crippen LogP contribution in [0.1, 0.15) is 24.1 Å². The summed E-state index contributed by atoms with van der Waals surface area (Å²) in [7, 11) is 0. The molecule has 0 unspecified atom stereocenters. The van der Waals surface area contributed by atoms with E-state index in [0.717, 1.165) is 17.0 Å². The quantitative estimate of drug-likeness (QED) is 0.413. The molecule has 8 nitrogen and oxygen atoms in total. The van der Waals surface area contributed by atoms with Gasteiger partial charge in [0.2, 0.25) is 5.91 Å². The molecule has 2 heterocycles. The number of aryl methyl sites for hydroxylation is 1. The molecule has 0 spiro atoms. The first-order chi connectivity index (χ1) is 16.4. The number of carbonyl (C=O) groups is 3. The summed E-state index contributed by atoms with van der Waals surface area (Å²) >= 11 is 1.51. The van der Waals surface area contributed by atoms with Crippen molar-refractivity contribution < 1.29 is 32.3 Å². The maximum atomic E-state index is 13.9. The number of oxazole rings is 1. The average Bonchev–Trinajstić information content (AvgIpc) is 3.50. The third-order valence-electron chi connectivity index (χ3n) is 4.77. The summed E-state index contributed by atoms with van der Waals surface area (Å²) in [5.41, 5.74) is -0.339. The maximum Gasteiger partial charge on any atom is 0.306 e. The lowest BCUT2D eigenvalue weighted by molar-refractivity contribution is -0.152. The molecule has 0 saturated carbocycles. The van der Waals surface area contributed by atoms with Crippen molar-refractivity contribution in [1.29, 1.82) is 0 Å². The predicted octanol–water partition coefficient (Wildman–Crippen LogP) is 3.32. The van der Waals surface area contributed by atoms with Gasteiger partial charge in [-0.15, -0.1) is 11.3 Å². The Morgan fingerprint density at radius 2 is 1.94 bits per heavy atom. The van der Waals surface area contributed by atoms with Crippen molar-refractivity contribution in [2.45, 2.75) is 26.3 Å². The van der Waals surface area contributed by atoms with E-state index in [1.807, 2.05) is 17.5 Å². The van der Waals surface area contributed by atoms with E-state index in [4.69, 9.17) is 9.15 Å². The number of amides is 2. The number of aromatic nitrogens is 1. The Morgan fingerprint density at radius 1 is 1.18 bits per heavy atom. The monoisotopic (exact) mass is 491 g/mol. The second-order valence-electron chi connectivity index (χ2n) is 7.14. The predicted molar refractivity (Wildman–Crippen MR) is 120 cm³/mol. The van der Waals surface area contributed by atoms with Gasteiger partial charge in [-0.2, -0.15) is 0 Å². The molecule has 11 heteroatoms. The van der Waals surface area contributed by atoms with Gasteiger partial charge in [-0.05, 0) is 30.5 Å². The number of benzene rings is 1. The molecule has 0 fully saturated rings. The average molecular weight is 492 g/mol. The summed E-state index contributed by atoms with van der Waals surface area (Å²) in [5.74, 6) is -3.08. The summed E-state index contributed by atoms with van der Waals surface area (Å²) < 4.78 is 38.0. The minimum Gasteiger partial charge on any atom is -0.456 e. The van der Waals surface area contributed by atoms with Crippen molar-refractivity contribution in [3.63, 3.8) is 0 Å². The Labute approximate surface area is 198 Å². The molecule has 3 aromatic rings. The third-order valence-corrected chi connectivity index (χ3v) is 5.65. The Bertz CT molecular complexity index is 1110. The zero-order valence-corrected chi connectivity index (χ0v) is 19.2. The number of hydrogen-bond acceptors (Lipinski definition) is 7. The molecule has 2 aromatic heterocycles. The van der Waals surface area contributed by atoms with Gasteiger partial charge in [0.25, 0.3) is 5.91 Å². The highest BCUT2D eigenvalue weighted by atomic mass is 32.1. The van der Waals surface area contributed by atoms with Crippen molar-refractivity contribution in [3.05, 3.63) is 64.3 Å². The van der Waals surface area contributed by atoms with Crippen LogP contribution in [0, 0.1) is 11.6 Å². The number of likely N-dealkylation sites (N-methyl/N-ethyl adjacent to an activating group) is 1. The molecule has 0 saturated heterocycles. The first-order valence-corrected chi connectivity index (χ1v) is 11.4.